The molecule has 0 saturated heterocycles. The summed E-state index contributed by atoms with van der Waals surface area (Å²) in [6, 6.07) is 15.7. The molecule has 3 aromatic rings. The molecule has 28 heavy (non-hydrogen) atoms. The van der Waals surface area contributed by atoms with Crippen LogP contribution in [-0.4, -0.2) is 40.8 Å². The number of thioether (sulfide) groups is 1. The van der Waals surface area contributed by atoms with Crippen molar-refractivity contribution in [3.05, 3.63) is 59.1 Å². The van der Waals surface area contributed by atoms with Crippen molar-refractivity contribution in [2.75, 3.05) is 19.4 Å². The third kappa shape index (κ3) is 5.27. The Labute approximate surface area is 172 Å². The number of benzene rings is 2. The zero-order chi connectivity index (χ0) is 19.9. The van der Waals surface area contributed by atoms with Gasteiger partial charge < -0.3 is 14.6 Å². The molecule has 1 amide bonds. The van der Waals surface area contributed by atoms with Crippen molar-refractivity contribution in [2.45, 2.75) is 18.1 Å². The summed E-state index contributed by atoms with van der Waals surface area (Å²) in [5.74, 6) is -0.313. The molecule has 0 bridgehead atoms. The van der Waals surface area contributed by atoms with Gasteiger partial charge in [-0.15, -0.1) is 0 Å². The van der Waals surface area contributed by atoms with Gasteiger partial charge in [-0.3, -0.25) is 9.59 Å². The number of hydrogen-bond acceptors (Lipinski definition) is 5. The first-order valence-electron chi connectivity index (χ1n) is 8.73. The van der Waals surface area contributed by atoms with E-state index in [0.717, 1.165) is 21.8 Å². The normalized spacial score (nSPS) is 10.8. The van der Waals surface area contributed by atoms with Crippen molar-refractivity contribution in [3.8, 4) is 0 Å². The zero-order valence-corrected chi connectivity index (χ0v) is 16.9. The monoisotopic (exact) mass is 417 g/mol. The number of rotatable bonds is 8. The molecule has 0 aliphatic heterocycles. The third-order valence-corrected chi connectivity index (χ3v) is 5.28. The van der Waals surface area contributed by atoms with E-state index in [9.17, 15) is 9.59 Å². The van der Waals surface area contributed by atoms with Gasteiger partial charge >= 0.3 is 5.97 Å². The highest BCUT2D eigenvalue weighted by Gasteiger charge is 2.14. The molecule has 1 heterocycles. The number of carbonyl (C=O) groups is 2. The van der Waals surface area contributed by atoms with Gasteiger partial charge in [-0.05, 0) is 23.8 Å². The number of nitrogens with zero attached hydrogens (tertiary/aromatic N) is 2. The van der Waals surface area contributed by atoms with Crippen molar-refractivity contribution >= 4 is 46.3 Å². The molecule has 0 saturated carbocycles. The number of methoxy groups -OCH3 is 1. The standard InChI is InChI=1S/C20H20ClN3O3S/c1-27-19(26)9-10-22-18(25)13-28-20-23-16-11-15(21)7-8-17(16)24(20)12-14-5-3-2-4-6-14/h2-8,11H,9-10,12-13H2,1H3,(H,22,25). The van der Waals surface area contributed by atoms with Crippen molar-refractivity contribution < 1.29 is 14.3 Å². The molecule has 0 fully saturated rings. The maximum atomic E-state index is 12.1. The molecular formula is C20H20ClN3O3S. The lowest BCUT2D eigenvalue weighted by molar-refractivity contribution is -0.140. The molecule has 0 aliphatic carbocycles. The maximum absolute atomic E-state index is 12.1. The van der Waals surface area contributed by atoms with Crippen LogP contribution < -0.4 is 5.32 Å². The summed E-state index contributed by atoms with van der Waals surface area (Å²) in [5, 5.41) is 4.07. The van der Waals surface area contributed by atoms with Gasteiger partial charge in [0.15, 0.2) is 5.16 Å². The smallest absolute Gasteiger partial charge is 0.307 e. The van der Waals surface area contributed by atoms with Gasteiger partial charge in [0.2, 0.25) is 5.91 Å². The number of hydrogen-bond donors (Lipinski definition) is 1. The number of amides is 1. The first-order valence-corrected chi connectivity index (χ1v) is 10.1. The average Bonchev–Trinajstić information content (AvgIpc) is 3.03. The van der Waals surface area contributed by atoms with Gasteiger partial charge in [-0.1, -0.05) is 53.7 Å². The van der Waals surface area contributed by atoms with E-state index in [1.807, 2.05) is 36.4 Å². The largest absolute Gasteiger partial charge is 0.469 e. The van der Waals surface area contributed by atoms with E-state index >= 15 is 0 Å². The second-order valence-electron chi connectivity index (χ2n) is 6.06. The molecule has 0 atom stereocenters. The molecule has 1 aromatic heterocycles. The Kier molecular flexibility index (Phi) is 6.95. The summed E-state index contributed by atoms with van der Waals surface area (Å²) in [6.07, 6.45) is 0.151. The highest BCUT2D eigenvalue weighted by molar-refractivity contribution is 7.99. The van der Waals surface area contributed by atoms with Crippen molar-refractivity contribution in [2.24, 2.45) is 0 Å². The van der Waals surface area contributed by atoms with Gasteiger partial charge in [0.05, 0.1) is 36.9 Å². The fourth-order valence-electron chi connectivity index (χ4n) is 2.70. The van der Waals surface area contributed by atoms with Crippen LogP contribution in [-0.2, 0) is 20.9 Å². The van der Waals surface area contributed by atoms with E-state index in [0.29, 0.717) is 11.6 Å². The molecule has 0 aliphatic rings. The van der Waals surface area contributed by atoms with E-state index in [1.165, 1.54) is 18.9 Å². The van der Waals surface area contributed by atoms with E-state index in [2.05, 4.69) is 31.7 Å². The van der Waals surface area contributed by atoms with Gasteiger partial charge in [0.1, 0.15) is 0 Å². The third-order valence-electron chi connectivity index (χ3n) is 4.07. The van der Waals surface area contributed by atoms with Crippen LogP contribution in [0.4, 0.5) is 0 Å². The number of esters is 1. The zero-order valence-electron chi connectivity index (χ0n) is 15.4. The van der Waals surface area contributed by atoms with E-state index < -0.39 is 0 Å². The Hall–Kier alpha value is -2.51. The number of aromatic nitrogens is 2. The maximum Gasteiger partial charge on any atom is 0.307 e. The lowest BCUT2D eigenvalue weighted by Gasteiger charge is -2.09. The van der Waals surface area contributed by atoms with Crippen molar-refractivity contribution in [3.63, 3.8) is 0 Å². The molecule has 3 rings (SSSR count). The fourth-order valence-corrected chi connectivity index (χ4v) is 3.71. The van der Waals surface area contributed by atoms with Crippen LogP contribution in [0.2, 0.25) is 5.02 Å². The molecule has 146 valence electrons. The minimum Gasteiger partial charge on any atom is -0.469 e. The molecule has 0 unspecified atom stereocenters. The minimum atomic E-state index is -0.352. The van der Waals surface area contributed by atoms with Crippen LogP contribution in [0.25, 0.3) is 11.0 Å². The van der Waals surface area contributed by atoms with Crippen molar-refractivity contribution in [1.29, 1.82) is 0 Å². The van der Waals surface area contributed by atoms with Crippen molar-refractivity contribution in [1.82, 2.24) is 14.9 Å². The summed E-state index contributed by atoms with van der Waals surface area (Å²) in [6.45, 7) is 0.896. The molecule has 6 nitrogen and oxygen atoms in total. The van der Waals surface area contributed by atoms with Gasteiger partial charge in [-0.2, -0.15) is 0 Å². The Balaban J connectivity index is 1.73. The van der Waals surface area contributed by atoms with E-state index in [1.54, 1.807) is 0 Å². The molecular weight excluding hydrogens is 398 g/mol. The number of carbonyl (C=O) groups excluding carboxylic acids is 2. The van der Waals surface area contributed by atoms with Crippen LogP contribution in [0, 0.1) is 0 Å². The highest BCUT2D eigenvalue weighted by atomic mass is 35.5. The number of ether oxygens (including phenoxy) is 1. The van der Waals surface area contributed by atoms with Crippen LogP contribution in [0.3, 0.4) is 0 Å². The molecule has 0 radical (unpaired) electrons. The Bertz CT molecular complexity index is 975. The lowest BCUT2D eigenvalue weighted by Crippen LogP contribution is -2.28. The molecule has 8 heteroatoms. The number of fused-ring (bicyclic) bond motifs is 1. The summed E-state index contributed by atoms with van der Waals surface area (Å²) >= 11 is 7.46. The predicted molar refractivity (Wildman–Crippen MR) is 111 cm³/mol. The topological polar surface area (TPSA) is 73.2 Å². The highest BCUT2D eigenvalue weighted by Crippen LogP contribution is 2.27. The van der Waals surface area contributed by atoms with E-state index in [-0.39, 0.29) is 30.6 Å². The van der Waals surface area contributed by atoms with Crippen LogP contribution in [0.15, 0.2) is 53.7 Å². The summed E-state index contributed by atoms with van der Waals surface area (Å²) in [4.78, 5) is 27.8. The van der Waals surface area contributed by atoms with Crippen LogP contribution in [0.5, 0.6) is 0 Å². The SMILES string of the molecule is COC(=O)CCNC(=O)CSc1nc2cc(Cl)ccc2n1Cc1ccccc1. The minimum absolute atomic E-state index is 0.151. The summed E-state index contributed by atoms with van der Waals surface area (Å²) < 4.78 is 6.63. The average molecular weight is 418 g/mol. The molecule has 2 aromatic carbocycles. The Morgan fingerprint density at radius 2 is 2.00 bits per heavy atom. The second-order valence-corrected chi connectivity index (χ2v) is 7.44. The quantitative estimate of drug-likeness (QED) is 0.448. The predicted octanol–water partition coefficient (Wildman–Crippen LogP) is 3.51. The van der Waals surface area contributed by atoms with E-state index in [4.69, 9.17) is 11.6 Å². The first-order chi connectivity index (χ1) is 13.6. The van der Waals surface area contributed by atoms with Gasteiger partial charge in [0.25, 0.3) is 0 Å². The summed E-state index contributed by atoms with van der Waals surface area (Å²) in [5.41, 5.74) is 2.89. The lowest BCUT2D eigenvalue weighted by atomic mass is 10.2. The fraction of sp³-hybridized carbons (Fsp3) is 0.250. The van der Waals surface area contributed by atoms with Crippen LogP contribution in [0.1, 0.15) is 12.0 Å². The van der Waals surface area contributed by atoms with Gasteiger partial charge in [-0.25, -0.2) is 4.98 Å². The molecule has 0 spiro atoms. The number of halogens is 1. The first kappa shape index (κ1) is 20.2. The number of imidazole rings is 1. The second kappa shape index (κ2) is 9.61. The molecule has 1 N–H and O–H groups in total. The number of nitrogens with one attached hydrogen (secondary N) is 1. The Morgan fingerprint density at radius 3 is 2.75 bits per heavy atom. The van der Waals surface area contributed by atoms with Gasteiger partial charge in [0, 0.05) is 11.6 Å². The van der Waals surface area contributed by atoms with Crippen LogP contribution >= 0.6 is 23.4 Å². The Morgan fingerprint density at radius 1 is 1.21 bits per heavy atom. The summed E-state index contributed by atoms with van der Waals surface area (Å²) in [7, 11) is 1.32.